The average molecular weight is 324 g/mol. The van der Waals surface area contributed by atoms with Gasteiger partial charge in [0.05, 0.1) is 11.6 Å². The highest BCUT2D eigenvalue weighted by Crippen LogP contribution is 2.25. The Bertz CT molecular complexity index is 651. The number of aromatic nitrogens is 1. The van der Waals surface area contributed by atoms with Gasteiger partial charge in [0.15, 0.2) is 0 Å². The average Bonchev–Trinajstić information content (AvgIpc) is 2.87. The quantitative estimate of drug-likeness (QED) is 0.880. The highest BCUT2D eigenvalue weighted by Gasteiger charge is 2.17. The van der Waals surface area contributed by atoms with Crippen molar-refractivity contribution in [3.8, 4) is 10.6 Å². The molecule has 0 saturated carbocycles. The fourth-order valence-electron chi connectivity index (χ4n) is 1.82. The topological polar surface area (TPSA) is 67.3 Å². The molecular formula is C15H14ClNO3S. The van der Waals surface area contributed by atoms with E-state index in [2.05, 4.69) is 4.98 Å². The number of ketones is 1. The number of nitrogens with zero attached hydrogens (tertiary/aromatic N) is 1. The van der Waals surface area contributed by atoms with Crippen LogP contribution in [0.1, 0.15) is 19.0 Å². The predicted molar refractivity (Wildman–Crippen MR) is 82.7 cm³/mol. The summed E-state index contributed by atoms with van der Waals surface area (Å²) in [6.45, 7) is 1.53. The molecule has 2 aromatic rings. The normalized spacial score (nSPS) is 12.1. The number of carbonyl (C=O) groups is 2. The first-order valence-corrected chi connectivity index (χ1v) is 7.66. The van der Waals surface area contributed by atoms with Crippen LogP contribution in [0.5, 0.6) is 0 Å². The maximum atomic E-state index is 11.8. The van der Waals surface area contributed by atoms with Gasteiger partial charge < -0.3 is 5.11 Å². The number of hydrogen-bond acceptors (Lipinski definition) is 4. The van der Waals surface area contributed by atoms with Crippen LogP contribution in [0.25, 0.3) is 10.6 Å². The summed E-state index contributed by atoms with van der Waals surface area (Å²) in [5.74, 6) is -1.73. The number of rotatable bonds is 6. The molecule has 0 spiro atoms. The van der Waals surface area contributed by atoms with Crippen molar-refractivity contribution in [2.75, 3.05) is 0 Å². The number of carboxylic acids is 1. The van der Waals surface area contributed by atoms with Crippen molar-refractivity contribution >= 4 is 34.7 Å². The Hall–Kier alpha value is -1.72. The lowest BCUT2D eigenvalue weighted by Gasteiger charge is -2.03. The summed E-state index contributed by atoms with van der Waals surface area (Å²) in [4.78, 5) is 26.9. The Labute approximate surface area is 131 Å². The van der Waals surface area contributed by atoms with E-state index in [1.54, 1.807) is 12.1 Å². The second-order valence-corrected chi connectivity index (χ2v) is 6.10. The third-order valence-electron chi connectivity index (χ3n) is 2.98. The molecule has 1 atom stereocenters. The van der Waals surface area contributed by atoms with Crippen LogP contribution >= 0.6 is 22.9 Å². The minimum absolute atomic E-state index is 0.0309. The summed E-state index contributed by atoms with van der Waals surface area (Å²) in [6.07, 6.45) is 0.199. The van der Waals surface area contributed by atoms with Gasteiger partial charge in [0.25, 0.3) is 0 Å². The van der Waals surface area contributed by atoms with E-state index in [9.17, 15) is 9.59 Å². The molecule has 1 N–H and O–H groups in total. The van der Waals surface area contributed by atoms with E-state index in [1.165, 1.54) is 18.3 Å². The highest BCUT2D eigenvalue weighted by atomic mass is 35.5. The van der Waals surface area contributed by atoms with Crippen LogP contribution in [0.15, 0.2) is 29.6 Å². The third-order valence-corrected chi connectivity index (χ3v) is 4.17. The minimum Gasteiger partial charge on any atom is -0.481 e. The Morgan fingerprint density at radius 2 is 2.00 bits per heavy atom. The molecule has 0 fully saturated rings. The summed E-state index contributed by atoms with van der Waals surface area (Å²) in [5, 5.41) is 12.1. The highest BCUT2D eigenvalue weighted by molar-refractivity contribution is 7.13. The lowest BCUT2D eigenvalue weighted by Crippen LogP contribution is -2.16. The minimum atomic E-state index is -0.955. The molecule has 0 radical (unpaired) electrons. The summed E-state index contributed by atoms with van der Waals surface area (Å²) in [6, 6.07) is 7.33. The fourth-order valence-corrected chi connectivity index (χ4v) is 2.77. The van der Waals surface area contributed by atoms with E-state index in [0.29, 0.717) is 10.7 Å². The molecule has 0 bridgehead atoms. The lowest BCUT2D eigenvalue weighted by atomic mass is 10.0. The first-order valence-electron chi connectivity index (χ1n) is 6.40. The van der Waals surface area contributed by atoms with Gasteiger partial charge in [-0.15, -0.1) is 11.3 Å². The monoisotopic (exact) mass is 323 g/mol. The maximum Gasteiger partial charge on any atom is 0.306 e. The van der Waals surface area contributed by atoms with Crippen molar-refractivity contribution in [1.29, 1.82) is 0 Å². The van der Waals surface area contributed by atoms with Crippen LogP contribution in [0.4, 0.5) is 0 Å². The number of hydrogen-bond donors (Lipinski definition) is 1. The van der Waals surface area contributed by atoms with Crippen LogP contribution in [-0.2, 0) is 16.0 Å². The Morgan fingerprint density at radius 1 is 1.33 bits per heavy atom. The molecule has 6 heteroatoms. The fraction of sp³-hybridized carbons (Fsp3) is 0.267. The standard InChI is InChI=1S/C15H14ClNO3S/c1-9(15(19)20)6-13(18)7-12-8-21-14(17-12)10-2-4-11(16)5-3-10/h2-5,8-9H,6-7H2,1H3,(H,19,20)/t9-/m1/s1. The summed E-state index contributed by atoms with van der Waals surface area (Å²) in [7, 11) is 0. The number of carbonyl (C=O) groups excluding carboxylic acids is 1. The number of halogens is 1. The molecule has 110 valence electrons. The Morgan fingerprint density at radius 3 is 2.62 bits per heavy atom. The van der Waals surface area contributed by atoms with E-state index in [0.717, 1.165) is 10.6 Å². The van der Waals surface area contributed by atoms with Crippen LogP contribution in [0.2, 0.25) is 5.02 Å². The van der Waals surface area contributed by atoms with Crippen molar-refractivity contribution in [2.45, 2.75) is 19.8 Å². The molecule has 1 heterocycles. The number of Topliss-reactive ketones (excluding diaryl/α,β-unsaturated/α-hetero) is 1. The summed E-state index contributed by atoms with van der Waals surface area (Å²) in [5.41, 5.74) is 1.62. The molecule has 2 rings (SSSR count). The number of thiazole rings is 1. The second-order valence-electron chi connectivity index (χ2n) is 4.81. The van der Waals surface area contributed by atoms with Gasteiger partial charge in [-0.2, -0.15) is 0 Å². The molecule has 0 aliphatic rings. The number of carboxylic acid groups (broad SMARTS) is 1. The molecule has 0 aliphatic heterocycles. The molecule has 1 aromatic heterocycles. The summed E-state index contributed by atoms with van der Waals surface area (Å²) >= 11 is 7.29. The molecule has 0 amide bonds. The van der Waals surface area contributed by atoms with E-state index in [4.69, 9.17) is 16.7 Å². The van der Waals surface area contributed by atoms with Crippen LogP contribution in [0.3, 0.4) is 0 Å². The third kappa shape index (κ3) is 4.37. The van der Waals surface area contributed by atoms with Crippen LogP contribution in [0, 0.1) is 5.92 Å². The smallest absolute Gasteiger partial charge is 0.306 e. The molecule has 0 saturated heterocycles. The second kappa shape index (κ2) is 6.83. The number of aliphatic carboxylic acids is 1. The van der Waals surface area contributed by atoms with Crippen molar-refractivity contribution in [2.24, 2.45) is 5.92 Å². The molecule has 1 aromatic carbocycles. The Balaban J connectivity index is 2.01. The van der Waals surface area contributed by atoms with Gasteiger partial charge in [-0.05, 0) is 12.1 Å². The predicted octanol–water partition coefficient (Wildman–Crippen LogP) is 3.69. The van der Waals surface area contributed by atoms with Gasteiger partial charge >= 0.3 is 5.97 Å². The first kappa shape index (κ1) is 15.7. The zero-order valence-corrected chi connectivity index (χ0v) is 12.9. The lowest BCUT2D eigenvalue weighted by molar-refractivity contribution is -0.143. The van der Waals surface area contributed by atoms with Gasteiger partial charge in [0.1, 0.15) is 10.8 Å². The zero-order chi connectivity index (χ0) is 15.4. The Kier molecular flexibility index (Phi) is 5.09. The van der Waals surface area contributed by atoms with E-state index < -0.39 is 11.9 Å². The van der Waals surface area contributed by atoms with E-state index in [-0.39, 0.29) is 18.6 Å². The van der Waals surface area contributed by atoms with Crippen molar-refractivity contribution in [1.82, 2.24) is 4.98 Å². The van der Waals surface area contributed by atoms with E-state index >= 15 is 0 Å². The van der Waals surface area contributed by atoms with Crippen LogP contribution < -0.4 is 0 Å². The zero-order valence-electron chi connectivity index (χ0n) is 11.4. The molecular weight excluding hydrogens is 310 g/mol. The van der Waals surface area contributed by atoms with Crippen LogP contribution in [-0.4, -0.2) is 21.8 Å². The van der Waals surface area contributed by atoms with Crippen molar-refractivity contribution in [3.63, 3.8) is 0 Å². The van der Waals surface area contributed by atoms with Gasteiger partial charge in [-0.25, -0.2) is 4.98 Å². The van der Waals surface area contributed by atoms with Gasteiger partial charge in [0, 0.05) is 28.8 Å². The van der Waals surface area contributed by atoms with Gasteiger partial charge in [-0.3, -0.25) is 9.59 Å². The molecule has 0 aliphatic carbocycles. The van der Waals surface area contributed by atoms with Gasteiger partial charge in [0.2, 0.25) is 0 Å². The van der Waals surface area contributed by atoms with E-state index in [1.807, 2.05) is 17.5 Å². The molecule has 4 nitrogen and oxygen atoms in total. The molecule has 21 heavy (non-hydrogen) atoms. The summed E-state index contributed by atoms with van der Waals surface area (Å²) < 4.78 is 0. The number of benzene rings is 1. The first-order chi connectivity index (χ1) is 9.95. The van der Waals surface area contributed by atoms with Gasteiger partial charge in [-0.1, -0.05) is 30.7 Å². The SMILES string of the molecule is C[C@H](CC(=O)Cc1csc(-c2ccc(Cl)cc2)n1)C(=O)O. The molecule has 0 unspecified atom stereocenters. The maximum absolute atomic E-state index is 11.8. The van der Waals surface area contributed by atoms with Crippen molar-refractivity contribution < 1.29 is 14.7 Å². The van der Waals surface area contributed by atoms with Crippen molar-refractivity contribution in [3.05, 3.63) is 40.4 Å². The largest absolute Gasteiger partial charge is 0.481 e.